The summed E-state index contributed by atoms with van der Waals surface area (Å²) in [5, 5.41) is 10.2. The molecule has 2 nitrogen and oxygen atoms in total. The zero-order valence-corrected chi connectivity index (χ0v) is 11.8. The number of benzene rings is 2. The molecule has 0 amide bonds. The quantitative estimate of drug-likeness (QED) is 0.902. The van der Waals surface area contributed by atoms with Gasteiger partial charge in [0.1, 0.15) is 0 Å². The molecule has 2 atom stereocenters. The summed E-state index contributed by atoms with van der Waals surface area (Å²) in [5.41, 5.74) is 9.38. The van der Waals surface area contributed by atoms with Crippen molar-refractivity contribution in [2.75, 3.05) is 0 Å². The van der Waals surface area contributed by atoms with Crippen molar-refractivity contribution < 1.29 is 5.11 Å². The average molecular weight is 278 g/mol. The van der Waals surface area contributed by atoms with Gasteiger partial charge in [-0.1, -0.05) is 54.6 Å². The van der Waals surface area contributed by atoms with Gasteiger partial charge in [-0.3, -0.25) is 0 Å². The third-order valence-corrected chi connectivity index (χ3v) is 3.25. The van der Waals surface area contributed by atoms with E-state index >= 15 is 0 Å². The summed E-state index contributed by atoms with van der Waals surface area (Å²) in [7, 11) is 0. The zero-order chi connectivity index (χ0) is 13.0. The van der Waals surface area contributed by atoms with Crippen molar-refractivity contribution in [1.29, 1.82) is 0 Å². The number of nitrogens with two attached hydrogens (primary N) is 1. The van der Waals surface area contributed by atoms with Gasteiger partial charge in [0.05, 0.1) is 12.1 Å². The van der Waals surface area contributed by atoms with Crippen LogP contribution in [-0.2, 0) is 6.42 Å². The predicted molar refractivity (Wildman–Crippen MR) is 81.5 cm³/mol. The molecule has 0 fully saturated rings. The summed E-state index contributed by atoms with van der Waals surface area (Å²) < 4.78 is 0. The minimum Gasteiger partial charge on any atom is -0.391 e. The molecule has 2 aromatic rings. The maximum atomic E-state index is 10.2. The lowest BCUT2D eigenvalue weighted by Gasteiger charge is -2.21. The second kappa shape index (κ2) is 7.29. The predicted octanol–water partition coefficient (Wildman–Crippen LogP) is 3.02. The Morgan fingerprint density at radius 3 is 2.21 bits per heavy atom. The lowest BCUT2D eigenvalue weighted by Crippen LogP contribution is -2.28. The smallest absolute Gasteiger partial charge is 0.0773 e. The second-order valence-electron chi connectivity index (χ2n) is 4.64. The highest BCUT2D eigenvalue weighted by molar-refractivity contribution is 5.85. The molecule has 0 saturated heterocycles. The van der Waals surface area contributed by atoms with Crippen molar-refractivity contribution in [1.82, 2.24) is 0 Å². The molecule has 0 saturated carbocycles. The van der Waals surface area contributed by atoms with Crippen molar-refractivity contribution in [3.8, 4) is 0 Å². The van der Waals surface area contributed by atoms with Gasteiger partial charge in [0, 0.05) is 6.42 Å². The Hall–Kier alpha value is -1.35. The van der Waals surface area contributed by atoms with E-state index < -0.39 is 6.10 Å². The Labute approximate surface area is 120 Å². The SMILES string of the molecule is Cc1ccccc1[C@@H](N)[C@@H](O)Cc1ccccc1.Cl. The lowest BCUT2D eigenvalue weighted by molar-refractivity contribution is 0.145. The summed E-state index contributed by atoms with van der Waals surface area (Å²) in [5.74, 6) is 0. The Kier molecular flexibility index (Phi) is 6.03. The topological polar surface area (TPSA) is 46.2 Å². The average Bonchev–Trinajstić information content (AvgIpc) is 2.39. The lowest BCUT2D eigenvalue weighted by atomic mass is 9.94. The molecule has 0 aliphatic carbocycles. The molecule has 19 heavy (non-hydrogen) atoms. The van der Waals surface area contributed by atoms with Gasteiger partial charge in [-0.2, -0.15) is 0 Å². The fourth-order valence-corrected chi connectivity index (χ4v) is 2.15. The first-order valence-corrected chi connectivity index (χ1v) is 6.21. The van der Waals surface area contributed by atoms with E-state index in [2.05, 4.69) is 0 Å². The molecule has 0 spiro atoms. The first-order valence-electron chi connectivity index (χ1n) is 6.21. The van der Waals surface area contributed by atoms with E-state index in [1.54, 1.807) is 0 Å². The molecule has 3 N–H and O–H groups in total. The summed E-state index contributed by atoms with van der Waals surface area (Å²) in [6.45, 7) is 2.02. The molecule has 0 bridgehead atoms. The minimum atomic E-state index is -0.562. The van der Waals surface area contributed by atoms with Crippen molar-refractivity contribution in [3.63, 3.8) is 0 Å². The number of rotatable bonds is 4. The maximum absolute atomic E-state index is 10.2. The van der Waals surface area contributed by atoms with Gasteiger partial charge >= 0.3 is 0 Å². The van der Waals surface area contributed by atoms with Crippen LogP contribution in [0.3, 0.4) is 0 Å². The van der Waals surface area contributed by atoms with Gasteiger partial charge in [0.15, 0.2) is 0 Å². The van der Waals surface area contributed by atoms with Crippen molar-refractivity contribution in [2.45, 2.75) is 25.5 Å². The summed E-state index contributed by atoms with van der Waals surface area (Å²) in [4.78, 5) is 0. The van der Waals surface area contributed by atoms with Gasteiger partial charge in [0.2, 0.25) is 0 Å². The molecule has 2 aromatic carbocycles. The van der Waals surface area contributed by atoms with Gasteiger partial charge in [-0.05, 0) is 23.6 Å². The number of hydrogen-bond donors (Lipinski definition) is 2. The largest absolute Gasteiger partial charge is 0.391 e. The normalized spacial score (nSPS) is 13.4. The molecule has 3 heteroatoms. The van der Waals surface area contributed by atoms with Crippen LogP contribution in [0.25, 0.3) is 0 Å². The third kappa shape index (κ3) is 4.06. The monoisotopic (exact) mass is 277 g/mol. The molecule has 0 heterocycles. The molecule has 0 aliphatic heterocycles. The van der Waals surface area contributed by atoms with E-state index in [0.717, 1.165) is 16.7 Å². The van der Waals surface area contributed by atoms with Crippen LogP contribution in [0.5, 0.6) is 0 Å². The summed E-state index contributed by atoms with van der Waals surface area (Å²) in [6.07, 6.45) is 0.0181. The molecule has 102 valence electrons. The molecular formula is C16H20ClNO. The standard InChI is InChI=1S/C16H19NO.ClH/c1-12-7-5-6-10-14(12)16(17)15(18)11-13-8-3-2-4-9-13;/h2-10,15-16,18H,11,17H2,1H3;1H/t15-,16+;/m0./s1. The number of halogens is 1. The molecule has 0 radical (unpaired) electrons. The van der Waals surface area contributed by atoms with Crippen molar-refractivity contribution in [3.05, 3.63) is 71.3 Å². The van der Waals surface area contributed by atoms with Crippen LogP contribution in [0, 0.1) is 6.92 Å². The molecular weight excluding hydrogens is 258 g/mol. The molecule has 0 aromatic heterocycles. The van der Waals surface area contributed by atoms with Crippen LogP contribution in [0.1, 0.15) is 22.7 Å². The second-order valence-corrected chi connectivity index (χ2v) is 4.64. The third-order valence-electron chi connectivity index (χ3n) is 3.25. The zero-order valence-electron chi connectivity index (χ0n) is 11.0. The molecule has 0 aliphatic rings. The number of aliphatic hydroxyl groups is 1. The van der Waals surface area contributed by atoms with Crippen molar-refractivity contribution in [2.24, 2.45) is 5.73 Å². The van der Waals surface area contributed by atoms with Gasteiger partial charge in [-0.25, -0.2) is 0 Å². The van der Waals surface area contributed by atoms with Gasteiger partial charge in [0.25, 0.3) is 0 Å². The van der Waals surface area contributed by atoms with E-state index in [9.17, 15) is 5.11 Å². The first-order chi connectivity index (χ1) is 8.68. The van der Waals surface area contributed by atoms with E-state index in [4.69, 9.17) is 5.73 Å². The number of aliphatic hydroxyl groups excluding tert-OH is 1. The van der Waals surface area contributed by atoms with E-state index in [1.165, 1.54) is 0 Å². The Morgan fingerprint density at radius 1 is 1.00 bits per heavy atom. The highest BCUT2D eigenvalue weighted by Gasteiger charge is 2.18. The minimum absolute atomic E-state index is 0. The van der Waals surface area contributed by atoms with Crippen LogP contribution < -0.4 is 5.73 Å². The fraction of sp³-hybridized carbons (Fsp3) is 0.250. The summed E-state index contributed by atoms with van der Waals surface area (Å²) >= 11 is 0. The molecule has 0 unspecified atom stereocenters. The van der Waals surface area contributed by atoms with Crippen LogP contribution >= 0.6 is 12.4 Å². The first kappa shape index (κ1) is 15.7. The maximum Gasteiger partial charge on any atom is 0.0773 e. The van der Waals surface area contributed by atoms with Crippen LogP contribution in [0.2, 0.25) is 0 Å². The number of hydrogen-bond acceptors (Lipinski definition) is 2. The van der Waals surface area contributed by atoms with E-state index in [-0.39, 0.29) is 18.4 Å². The van der Waals surface area contributed by atoms with Crippen LogP contribution in [-0.4, -0.2) is 11.2 Å². The van der Waals surface area contributed by atoms with Gasteiger partial charge in [-0.15, -0.1) is 12.4 Å². The highest BCUT2D eigenvalue weighted by atomic mass is 35.5. The van der Waals surface area contributed by atoms with Crippen molar-refractivity contribution >= 4 is 12.4 Å². The van der Waals surface area contributed by atoms with Crippen LogP contribution in [0.15, 0.2) is 54.6 Å². The Balaban J connectivity index is 0.00000180. The van der Waals surface area contributed by atoms with E-state index in [0.29, 0.717) is 6.42 Å². The van der Waals surface area contributed by atoms with E-state index in [1.807, 2.05) is 61.5 Å². The Bertz CT molecular complexity index is 501. The fourth-order valence-electron chi connectivity index (χ4n) is 2.15. The highest BCUT2D eigenvalue weighted by Crippen LogP contribution is 2.20. The molecule has 2 rings (SSSR count). The van der Waals surface area contributed by atoms with Crippen LogP contribution in [0.4, 0.5) is 0 Å². The number of aryl methyl sites for hydroxylation is 1. The van der Waals surface area contributed by atoms with Gasteiger partial charge < -0.3 is 10.8 Å². The summed E-state index contributed by atoms with van der Waals surface area (Å²) in [6, 6.07) is 17.5. The Morgan fingerprint density at radius 2 is 1.58 bits per heavy atom.